The van der Waals surface area contributed by atoms with Gasteiger partial charge in [-0.2, -0.15) is 11.8 Å². The molecule has 0 saturated heterocycles. The molecule has 0 spiro atoms. The molecule has 0 rings (SSSR count). The predicted octanol–water partition coefficient (Wildman–Crippen LogP) is 1.68. The van der Waals surface area contributed by atoms with Crippen LogP contribution in [0.5, 0.6) is 0 Å². The Morgan fingerprint density at radius 3 is 2.41 bits per heavy atom. The number of aliphatic carboxylic acids is 1. The van der Waals surface area contributed by atoms with Crippen molar-refractivity contribution in [2.24, 2.45) is 0 Å². The molecule has 0 aromatic rings. The summed E-state index contributed by atoms with van der Waals surface area (Å²) in [6.45, 7) is 6.40. The highest BCUT2D eigenvalue weighted by Gasteiger charge is 2.21. The number of thioether (sulfide) groups is 1. The van der Waals surface area contributed by atoms with E-state index in [1.54, 1.807) is 11.8 Å². The van der Waals surface area contributed by atoms with Gasteiger partial charge < -0.3 is 15.7 Å². The molecule has 0 unspecified atom stereocenters. The normalized spacial score (nSPS) is 12.9. The van der Waals surface area contributed by atoms with Crippen molar-refractivity contribution in [3.05, 3.63) is 0 Å². The highest BCUT2D eigenvalue weighted by Crippen LogP contribution is 2.19. The molecule has 2 amide bonds. The summed E-state index contributed by atoms with van der Waals surface area (Å²) in [5, 5.41) is 14.0. The standard InChI is InChI=1S/C11H22N2O3S/c1-5-6-8(9(14)15)13-10(16)12-7-11(2,3)17-4/h8H,5-7H2,1-4H3,(H,14,15)(H2,12,13,16)/t8-/m0/s1. The Labute approximate surface area is 107 Å². The number of hydrogen-bond acceptors (Lipinski definition) is 3. The van der Waals surface area contributed by atoms with Gasteiger partial charge in [-0.05, 0) is 26.5 Å². The van der Waals surface area contributed by atoms with Gasteiger partial charge in [-0.3, -0.25) is 0 Å². The average Bonchev–Trinajstić information content (AvgIpc) is 2.26. The zero-order chi connectivity index (χ0) is 13.5. The lowest BCUT2D eigenvalue weighted by Crippen LogP contribution is -2.48. The van der Waals surface area contributed by atoms with Crippen molar-refractivity contribution >= 4 is 23.8 Å². The summed E-state index contributed by atoms with van der Waals surface area (Å²) in [4.78, 5) is 22.3. The first kappa shape index (κ1) is 16.1. The maximum atomic E-state index is 11.5. The molecule has 0 aromatic heterocycles. The Morgan fingerprint density at radius 1 is 1.41 bits per heavy atom. The number of carbonyl (C=O) groups is 2. The Morgan fingerprint density at radius 2 is 2.00 bits per heavy atom. The molecule has 0 aliphatic carbocycles. The number of amides is 2. The fourth-order valence-corrected chi connectivity index (χ4v) is 1.34. The van der Waals surface area contributed by atoms with E-state index < -0.39 is 18.0 Å². The third-order valence-electron chi connectivity index (χ3n) is 2.41. The lowest BCUT2D eigenvalue weighted by molar-refractivity contribution is -0.139. The molecule has 0 aliphatic heterocycles. The monoisotopic (exact) mass is 262 g/mol. The Hall–Kier alpha value is -0.910. The van der Waals surface area contributed by atoms with Crippen LogP contribution in [-0.4, -0.2) is 40.7 Å². The van der Waals surface area contributed by atoms with Gasteiger partial charge in [-0.15, -0.1) is 0 Å². The molecule has 0 fully saturated rings. The number of hydrogen-bond donors (Lipinski definition) is 3. The van der Waals surface area contributed by atoms with E-state index in [4.69, 9.17) is 5.11 Å². The summed E-state index contributed by atoms with van der Waals surface area (Å²) in [6, 6.07) is -1.23. The van der Waals surface area contributed by atoms with Gasteiger partial charge >= 0.3 is 12.0 Å². The van der Waals surface area contributed by atoms with Crippen LogP contribution >= 0.6 is 11.8 Å². The van der Waals surface area contributed by atoms with Crippen LogP contribution in [0, 0.1) is 0 Å². The van der Waals surface area contributed by atoms with Crippen molar-refractivity contribution in [3.63, 3.8) is 0 Å². The largest absolute Gasteiger partial charge is 0.480 e. The SMILES string of the molecule is CCC[C@H](NC(=O)NCC(C)(C)SC)C(=O)O. The minimum Gasteiger partial charge on any atom is -0.480 e. The number of urea groups is 1. The van der Waals surface area contributed by atoms with Crippen LogP contribution in [0.4, 0.5) is 4.79 Å². The van der Waals surface area contributed by atoms with Gasteiger partial charge in [0.05, 0.1) is 0 Å². The van der Waals surface area contributed by atoms with Crippen molar-refractivity contribution < 1.29 is 14.7 Å². The Kier molecular flexibility index (Phi) is 7.03. The minimum atomic E-state index is -0.994. The molecule has 3 N–H and O–H groups in total. The zero-order valence-electron chi connectivity index (χ0n) is 10.9. The summed E-state index contributed by atoms with van der Waals surface area (Å²) >= 11 is 1.65. The summed E-state index contributed by atoms with van der Waals surface area (Å²) in [5.74, 6) is -0.994. The smallest absolute Gasteiger partial charge is 0.326 e. The first-order chi connectivity index (χ1) is 7.82. The minimum absolute atomic E-state index is 0.0547. The average molecular weight is 262 g/mol. The molecular formula is C11H22N2O3S. The number of carboxylic acid groups (broad SMARTS) is 1. The second-order valence-corrected chi connectivity index (χ2v) is 5.98. The van der Waals surface area contributed by atoms with Crippen molar-refractivity contribution in [1.82, 2.24) is 10.6 Å². The topological polar surface area (TPSA) is 78.4 Å². The van der Waals surface area contributed by atoms with Crippen LogP contribution < -0.4 is 10.6 Å². The van der Waals surface area contributed by atoms with Crippen molar-refractivity contribution in [2.45, 2.75) is 44.4 Å². The highest BCUT2D eigenvalue weighted by molar-refractivity contribution is 7.99. The van der Waals surface area contributed by atoms with E-state index in [-0.39, 0.29) is 4.75 Å². The molecule has 0 heterocycles. The lowest BCUT2D eigenvalue weighted by Gasteiger charge is -2.23. The molecule has 0 radical (unpaired) electrons. The summed E-state index contributed by atoms with van der Waals surface area (Å²) in [7, 11) is 0. The van der Waals surface area contributed by atoms with Crippen LogP contribution in [0.3, 0.4) is 0 Å². The van der Waals surface area contributed by atoms with E-state index in [9.17, 15) is 9.59 Å². The van der Waals surface area contributed by atoms with Gasteiger partial charge in [-0.25, -0.2) is 9.59 Å². The first-order valence-corrected chi connectivity index (χ1v) is 6.87. The quantitative estimate of drug-likeness (QED) is 0.652. The van der Waals surface area contributed by atoms with Crippen LogP contribution in [0.25, 0.3) is 0 Å². The molecule has 100 valence electrons. The van der Waals surface area contributed by atoms with Gasteiger partial charge in [0.2, 0.25) is 0 Å². The summed E-state index contributed by atoms with van der Waals surface area (Å²) in [5.41, 5.74) is 0. The molecule has 0 aromatic carbocycles. The second-order valence-electron chi connectivity index (χ2n) is 4.47. The van der Waals surface area contributed by atoms with Crippen molar-refractivity contribution in [3.8, 4) is 0 Å². The highest BCUT2D eigenvalue weighted by atomic mass is 32.2. The van der Waals surface area contributed by atoms with Gasteiger partial charge in [0.25, 0.3) is 0 Å². The summed E-state index contributed by atoms with van der Waals surface area (Å²) < 4.78 is -0.0547. The second kappa shape index (κ2) is 7.42. The first-order valence-electron chi connectivity index (χ1n) is 5.64. The number of rotatable bonds is 7. The third-order valence-corrected chi connectivity index (χ3v) is 3.66. The fraction of sp³-hybridized carbons (Fsp3) is 0.818. The van der Waals surface area contributed by atoms with Crippen LogP contribution in [0.2, 0.25) is 0 Å². The molecule has 6 heteroatoms. The van der Waals surface area contributed by atoms with E-state index in [0.717, 1.165) is 0 Å². The number of carbonyl (C=O) groups excluding carboxylic acids is 1. The molecule has 0 aliphatic rings. The van der Waals surface area contributed by atoms with Gasteiger partial charge in [0, 0.05) is 11.3 Å². The predicted molar refractivity (Wildman–Crippen MR) is 70.5 cm³/mol. The fourth-order valence-electron chi connectivity index (χ4n) is 1.12. The molecular weight excluding hydrogens is 240 g/mol. The number of nitrogens with one attached hydrogen (secondary N) is 2. The van der Waals surface area contributed by atoms with Crippen molar-refractivity contribution in [2.75, 3.05) is 12.8 Å². The Bertz CT molecular complexity index is 269. The molecule has 0 saturated carbocycles. The Balaban J connectivity index is 4.11. The third kappa shape index (κ3) is 7.10. The molecule has 5 nitrogen and oxygen atoms in total. The molecule has 1 atom stereocenters. The van der Waals surface area contributed by atoms with E-state index in [0.29, 0.717) is 19.4 Å². The van der Waals surface area contributed by atoms with Crippen LogP contribution in [-0.2, 0) is 4.79 Å². The van der Waals surface area contributed by atoms with Crippen LogP contribution in [0.15, 0.2) is 0 Å². The van der Waals surface area contributed by atoms with E-state index in [2.05, 4.69) is 10.6 Å². The number of carboxylic acids is 1. The van der Waals surface area contributed by atoms with E-state index >= 15 is 0 Å². The zero-order valence-corrected chi connectivity index (χ0v) is 11.7. The maximum Gasteiger partial charge on any atom is 0.326 e. The van der Waals surface area contributed by atoms with Gasteiger partial charge in [0.1, 0.15) is 6.04 Å². The van der Waals surface area contributed by atoms with Crippen molar-refractivity contribution in [1.29, 1.82) is 0 Å². The van der Waals surface area contributed by atoms with E-state index in [1.165, 1.54) is 0 Å². The van der Waals surface area contributed by atoms with Gasteiger partial charge in [0.15, 0.2) is 0 Å². The lowest BCUT2D eigenvalue weighted by atomic mass is 10.2. The van der Waals surface area contributed by atoms with Crippen LogP contribution in [0.1, 0.15) is 33.6 Å². The molecule has 17 heavy (non-hydrogen) atoms. The molecule has 0 bridgehead atoms. The van der Waals surface area contributed by atoms with E-state index in [1.807, 2.05) is 27.0 Å². The maximum absolute atomic E-state index is 11.5. The van der Waals surface area contributed by atoms with Gasteiger partial charge in [-0.1, -0.05) is 13.3 Å². The summed E-state index contributed by atoms with van der Waals surface area (Å²) in [6.07, 6.45) is 3.12.